The molecule has 2 aromatic heterocycles. The fourth-order valence-corrected chi connectivity index (χ4v) is 2.59. The van der Waals surface area contributed by atoms with Crippen LogP contribution in [0, 0.1) is 0 Å². The van der Waals surface area contributed by atoms with E-state index in [1.54, 1.807) is 12.4 Å². The van der Waals surface area contributed by atoms with E-state index in [9.17, 15) is 4.79 Å². The average Bonchev–Trinajstić information content (AvgIpc) is 2.67. The Morgan fingerprint density at radius 3 is 2.58 bits per heavy atom. The summed E-state index contributed by atoms with van der Waals surface area (Å²) < 4.78 is 5.23. The summed E-state index contributed by atoms with van der Waals surface area (Å²) in [5, 5.41) is 8.96. The van der Waals surface area contributed by atoms with E-state index in [1.807, 2.05) is 54.6 Å². The van der Waals surface area contributed by atoms with Crippen LogP contribution in [0.15, 0.2) is 72.0 Å². The monoisotopic (exact) mass is 337 g/mol. The highest BCUT2D eigenvalue weighted by Gasteiger charge is 2.07. The molecular formula is C18H15N3O2S. The van der Waals surface area contributed by atoms with Crippen LogP contribution in [0.25, 0.3) is 11.3 Å². The summed E-state index contributed by atoms with van der Waals surface area (Å²) in [7, 11) is 0. The molecule has 0 atom stereocenters. The summed E-state index contributed by atoms with van der Waals surface area (Å²) in [4.78, 5) is 15.8. The average molecular weight is 337 g/mol. The number of aromatic nitrogens is 3. The molecule has 0 spiro atoms. The minimum absolute atomic E-state index is 0.202. The number of rotatable bonds is 6. The molecule has 3 aromatic rings. The lowest BCUT2D eigenvalue weighted by Gasteiger charge is -2.05. The first-order valence-corrected chi connectivity index (χ1v) is 8.36. The van der Waals surface area contributed by atoms with Crippen LogP contribution in [0.5, 0.6) is 0 Å². The fraction of sp³-hybridized carbons (Fsp3) is 0.111. The van der Waals surface area contributed by atoms with Gasteiger partial charge in [0.05, 0.1) is 11.4 Å². The van der Waals surface area contributed by atoms with Crippen LogP contribution in [0.1, 0.15) is 5.56 Å². The van der Waals surface area contributed by atoms with Crippen molar-refractivity contribution in [2.75, 3.05) is 5.75 Å². The highest BCUT2D eigenvalue weighted by Crippen LogP contribution is 2.19. The molecule has 0 saturated carbocycles. The van der Waals surface area contributed by atoms with E-state index >= 15 is 0 Å². The Labute approximate surface area is 144 Å². The largest absolute Gasteiger partial charge is 0.460 e. The second kappa shape index (κ2) is 8.21. The van der Waals surface area contributed by atoms with E-state index in [4.69, 9.17) is 4.74 Å². The van der Waals surface area contributed by atoms with E-state index in [0.717, 1.165) is 16.8 Å². The number of esters is 1. The van der Waals surface area contributed by atoms with Crippen LogP contribution in [0.2, 0.25) is 0 Å². The fourth-order valence-electron chi connectivity index (χ4n) is 1.98. The Balaban J connectivity index is 1.49. The van der Waals surface area contributed by atoms with Crippen molar-refractivity contribution < 1.29 is 9.53 Å². The zero-order valence-corrected chi connectivity index (χ0v) is 13.6. The Kier molecular flexibility index (Phi) is 5.52. The molecule has 1 aromatic carbocycles. The van der Waals surface area contributed by atoms with Crippen molar-refractivity contribution in [3.05, 3.63) is 72.6 Å². The summed E-state index contributed by atoms with van der Waals surface area (Å²) in [6.07, 6.45) is 3.44. The molecule has 3 rings (SSSR count). The van der Waals surface area contributed by atoms with Gasteiger partial charge in [0.1, 0.15) is 11.6 Å². The normalized spacial score (nSPS) is 10.3. The Morgan fingerprint density at radius 2 is 1.88 bits per heavy atom. The van der Waals surface area contributed by atoms with E-state index in [1.165, 1.54) is 11.8 Å². The lowest BCUT2D eigenvalue weighted by molar-refractivity contribution is -0.141. The summed E-state index contributed by atoms with van der Waals surface area (Å²) in [6, 6.07) is 17.1. The van der Waals surface area contributed by atoms with Crippen molar-refractivity contribution >= 4 is 17.7 Å². The van der Waals surface area contributed by atoms with E-state index in [2.05, 4.69) is 15.2 Å². The van der Waals surface area contributed by atoms with Gasteiger partial charge in [-0.3, -0.25) is 9.78 Å². The standard InChI is InChI=1S/C18H15N3O2S/c22-18(23-12-14-5-2-1-3-6-14)13-24-17-9-8-16(20-21-17)15-7-4-10-19-11-15/h1-11H,12-13H2. The highest BCUT2D eigenvalue weighted by atomic mass is 32.2. The van der Waals surface area contributed by atoms with Crippen molar-refractivity contribution in [2.24, 2.45) is 0 Å². The van der Waals surface area contributed by atoms with Gasteiger partial charge < -0.3 is 4.74 Å². The van der Waals surface area contributed by atoms with Gasteiger partial charge in [-0.1, -0.05) is 42.1 Å². The number of carbonyl (C=O) groups is 1. The summed E-state index contributed by atoms with van der Waals surface area (Å²) in [5.74, 6) is -0.0738. The number of carbonyl (C=O) groups excluding carboxylic acids is 1. The smallest absolute Gasteiger partial charge is 0.316 e. The quantitative estimate of drug-likeness (QED) is 0.507. The molecule has 5 nitrogen and oxygen atoms in total. The molecule has 0 unspecified atom stereocenters. The molecule has 2 heterocycles. The molecule has 120 valence electrons. The number of benzene rings is 1. The van der Waals surface area contributed by atoms with Crippen molar-refractivity contribution in [1.82, 2.24) is 15.2 Å². The third kappa shape index (κ3) is 4.63. The number of hydrogen-bond donors (Lipinski definition) is 0. The molecule has 0 bridgehead atoms. The number of nitrogens with zero attached hydrogens (tertiary/aromatic N) is 3. The van der Waals surface area contributed by atoms with Crippen LogP contribution in [0.3, 0.4) is 0 Å². The van der Waals surface area contributed by atoms with Gasteiger partial charge in [-0.2, -0.15) is 0 Å². The molecule has 24 heavy (non-hydrogen) atoms. The molecule has 0 N–H and O–H groups in total. The number of hydrogen-bond acceptors (Lipinski definition) is 6. The molecule has 0 aliphatic carbocycles. The SMILES string of the molecule is O=C(CSc1ccc(-c2cccnc2)nn1)OCc1ccccc1. The molecule has 6 heteroatoms. The molecule has 0 aliphatic rings. The minimum atomic E-state index is -0.276. The highest BCUT2D eigenvalue weighted by molar-refractivity contribution is 7.99. The first-order valence-electron chi connectivity index (χ1n) is 7.38. The van der Waals surface area contributed by atoms with Crippen molar-refractivity contribution in [3.8, 4) is 11.3 Å². The lowest BCUT2D eigenvalue weighted by atomic mass is 10.2. The molecule has 0 saturated heterocycles. The van der Waals surface area contributed by atoms with Gasteiger partial charge in [-0.05, 0) is 29.8 Å². The van der Waals surface area contributed by atoms with Crippen LogP contribution < -0.4 is 0 Å². The second-order valence-corrected chi connectivity index (χ2v) is 5.93. The van der Waals surface area contributed by atoms with Gasteiger partial charge in [-0.15, -0.1) is 10.2 Å². The maximum absolute atomic E-state index is 11.8. The zero-order chi connectivity index (χ0) is 16.6. The van der Waals surface area contributed by atoms with E-state index in [0.29, 0.717) is 5.03 Å². The summed E-state index contributed by atoms with van der Waals surface area (Å²) in [6.45, 7) is 0.284. The molecule has 0 fully saturated rings. The van der Waals surface area contributed by atoms with Crippen LogP contribution >= 0.6 is 11.8 Å². The van der Waals surface area contributed by atoms with Crippen LogP contribution in [-0.4, -0.2) is 26.9 Å². The van der Waals surface area contributed by atoms with Gasteiger partial charge in [0.25, 0.3) is 0 Å². The predicted octanol–water partition coefficient (Wildman–Crippen LogP) is 3.37. The third-order valence-corrected chi connectivity index (χ3v) is 4.07. The summed E-state index contributed by atoms with van der Waals surface area (Å²) in [5.41, 5.74) is 2.62. The van der Waals surface area contributed by atoms with Gasteiger partial charge >= 0.3 is 5.97 Å². The van der Waals surface area contributed by atoms with Gasteiger partial charge in [0.15, 0.2) is 0 Å². The Hall–Kier alpha value is -2.73. The van der Waals surface area contributed by atoms with E-state index in [-0.39, 0.29) is 18.3 Å². The number of ether oxygens (including phenoxy) is 1. The maximum Gasteiger partial charge on any atom is 0.316 e. The minimum Gasteiger partial charge on any atom is -0.460 e. The van der Waals surface area contributed by atoms with Gasteiger partial charge in [0, 0.05) is 18.0 Å². The topological polar surface area (TPSA) is 65.0 Å². The van der Waals surface area contributed by atoms with Crippen molar-refractivity contribution in [1.29, 1.82) is 0 Å². The number of thioether (sulfide) groups is 1. The maximum atomic E-state index is 11.8. The molecular weight excluding hydrogens is 322 g/mol. The molecule has 0 radical (unpaired) electrons. The van der Waals surface area contributed by atoms with Crippen LogP contribution in [-0.2, 0) is 16.1 Å². The van der Waals surface area contributed by atoms with Crippen molar-refractivity contribution in [3.63, 3.8) is 0 Å². The second-order valence-electron chi connectivity index (χ2n) is 4.93. The number of pyridine rings is 1. The van der Waals surface area contributed by atoms with Gasteiger partial charge in [0.2, 0.25) is 0 Å². The Bertz CT molecular complexity index is 780. The molecule has 0 aliphatic heterocycles. The summed E-state index contributed by atoms with van der Waals surface area (Å²) >= 11 is 1.30. The van der Waals surface area contributed by atoms with Crippen LogP contribution in [0.4, 0.5) is 0 Å². The first kappa shape index (κ1) is 16.1. The predicted molar refractivity (Wildman–Crippen MR) is 92.2 cm³/mol. The first-order chi connectivity index (χ1) is 11.8. The Morgan fingerprint density at radius 1 is 1.00 bits per heavy atom. The van der Waals surface area contributed by atoms with Gasteiger partial charge in [-0.25, -0.2) is 0 Å². The lowest BCUT2D eigenvalue weighted by Crippen LogP contribution is -2.07. The third-order valence-electron chi connectivity index (χ3n) is 3.18. The van der Waals surface area contributed by atoms with Crippen molar-refractivity contribution in [2.45, 2.75) is 11.6 Å². The molecule has 0 amide bonds. The zero-order valence-electron chi connectivity index (χ0n) is 12.8. The van der Waals surface area contributed by atoms with E-state index < -0.39 is 0 Å².